The van der Waals surface area contributed by atoms with Crippen molar-refractivity contribution in [2.75, 3.05) is 38.2 Å². The minimum absolute atomic E-state index is 0.270. The molecular formula is C16H26N4O. The summed E-state index contributed by atoms with van der Waals surface area (Å²) in [7, 11) is 0. The van der Waals surface area contributed by atoms with Crippen LogP contribution in [0.25, 0.3) is 0 Å². The van der Waals surface area contributed by atoms with E-state index in [2.05, 4.69) is 41.2 Å². The smallest absolute Gasteiger partial charge is 0.191 e. The number of nitrogens with one attached hydrogen (secondary N) is 1. The van der Waals surface area contributed by atoms with Crippen molar-refractivity contribution >= 4 is 11.6 Å². The third-order valence-electron chi connectivity index (χ3n) is 3.72. The molecule has 0 radical (unpaired) electrons. The van der Waals surface area contributed by atoms with Gasteiger partial charge in [0, 0.05) is 24.8 Å². The van der Waals surface area contributed by atoms with Crippen molar-refractivity contribution in [3.8, 4) is 0 Å². The van der Waals surface area contributed by atoms with Gasteiger partial charge in [-0.1, -0.05) is 32.0 Å². The fourth-order valence-corrected chi connectivity index (χ4v) is 2.26. The van der Waals surface area contributed by atoms with E-state index in [-0.39, 0.29) is 6.04 Å². The summed E-state index contributed by atoms with van der Waals surface area (Å²) >= 11 is 0. The van der Waals surface area contributed by atoms with Gasteiger partial charge in [-0.25, -0.2) is 0 Å². The first-order valence-corrected chi connectivity index (χ1v) is 7.61. The largest absolute Gasteiger partial charge is 0.380 e. The number of aliphatic imine (C=N–C) groups is 1. The summed E-state index contributed by atoms with van der Waals surface area (Å²) in [5.41, 5.74) is 7.20. The summed E-state index contributed by atoms with van der Waals surface area (Å²) in [5.74, 6) is 1.10. The average molecular weight is 290 g/mol. The fraction of sp³-hybridized carbons (Fsp3) is 0.562. The number of rotatable bonds is 5. The second-order valence-electron chi connectivity index (χ2n) is 5.66. The lowest BCUT2D eigenvalue weighted by Gasteiger charge is -2.28. The Morgan fingerprint density at radius 1 is 1.29 bits per heavy atom. The Morgan fingerprint density at radius 3 is 2.57 bits per heavy atom. The molecule has 1 aliphatic rings. The zero-order valence-electron chi connectivity index (χ0n) is 13.0. The van der Waals surface area contributed by atoms with Crippen LogP contribution in [0.4, 0.5) is 5.69 Å². The first-order chi connectivity index (χ1) is 10.2. The summed E-state index contributed by atoms with van der Waals surface area (Å²) in [5, 5.41) is 3.53. The molecule has 0 bridgehead atoms. The Hall–Kier alpha value is -1.75. The maximum Gasteiger partial charge on any atom is 0.191 e. The maximum atomic E-state index is 6.08. The van der Waals surface area contributed by atoms with E-state index in [1.165, 1.54) is 0 Å². The molecule has 3 N–H and O–H groups in total. The van der Waals surface area contributed by atoms with Crippen molar-refractivity contribution in [2.24, 2.45) is 16.6 Å². The van der Waals surface area contributed by atoms with Crippen LogP contribution < -0.4 is 11.1 Å². The fourth-order valence-electron chi connectivity index (χ4n) is 2.26. The molecule has 1 saturated heterocycles. The van der Waals surface area contributed by atoms with Crippen LogP contribution in [0.5, 0.6) is 0 Å². The number of nitrogens with zero attached hydrogens (tertiary/aromatic N) is 2. The van der Waals surface area contributed by atoms with E-state index in [1.54, 1.807) is 0 Å². The number of ether oxygens (including phenoxy) is 1. The van der Waals surface area contributed by atoms with Crippen LogP contribution >= 0.6 is 0 Å². The summed E-state index contributed by atoms with van der Waals surface area (Å²) in [6.45, 7) is 8.18. The lowest BCUT2D eigenvalue weighted by molar-refractivity contribution is 0.0674. The molecule has 1 aromatic rings. The number of guanidine groups is 1. The van der Waals surface area contributed by atoms with Crippen LogP contribution in [0.3, 0.4) is 0 Å². The monoisotopic (exact) mass is 290 g/mol. The molecule has 0 amide bonds. The molecule has 5 nitrogen and oxygen atoms in total. The van der Waals surface area contributed by atoms with E-state index >= 15 is 0 Å². The van der Waals surface area contributed by atoms with Gasteiger partial charge in [0.15, 0.2) is 5.96 Å². The first-order valence-electron chi connectivity index (χ1n) is 7.61. The summed E-state index contributed by atoms with van der Waals surface area (Å²) in [4.78, 5) is 6.65. The number of hydrogen-bond donors (Lipinski definition) is 2. The Kier molecular flexibility index (Phi) is 5.87. The quantitative estimate of drug-likeness (QED) is 0.641. The predicted molar refractivity (Wildman–Crippen MR) is 87.6 cm³/mol. The SMILES string of the molecule is CC(C)C(CN=C(N)N1CCOCC1)Nc1ccccc1. The first kappa shape index (κ1) is 15.6. The second kappa shape index (κ2) is 7.88. The number of anilines is 1. The van der Waals surface area contributed by atoms with E-state index in [4.69, 9.17) is 10.5 Å². The summed E-state index contributed by atoms with van der Waals surface area (Å²) in [6, 6.07) is 10.5. The van der Waals surface area contributed by atoms with Crippen LogP contribution in [0.15, 0.2) is 35.3 Å². The zero-order chi connectivity index (χ0) is 15.1. The topological polar surface area (TPSA) is 62.9 Å². The highest BCUT2D eigenvalue weighted by molar-refractivity contribution is 5.78. The molecule has 21 heavy (non-hydrogen) atoms. The van der Waals surface area contributed by atoms with Gasteiger partial charge in [-0.3, -0.25) is 4.99 Å². The third kappa shape index (κ3) is 4.93. The van der Waals surface area contributed by atoms with Gasteiger partial charge in [0.2, 0.25) is 0 Å². The molecular weight excluding hydrogens is 264 g/mol. The summed E-state index contributed by atoms with van der Waals surface area (Å²) < 4.78 is 5.33. The van der Waals surface area contributed by atoms with Crippen LogP contribution in [0.1, 0.15) is 13.8 Å². The Balaban J connectivity index is 1.93. The van der Waals surface area contributed by atoms with Crippen molar-refractivity contribution in [1.82, 2.24) is 4.90 Å². The Morgan fingerprint density at radius 2 is 1.95 bits per heavy atom. The van der Waals surface area contributed by atoms with Crippen LogP contribution in [-0.2, 0) is 4.74 Å². The van der Waals surface area contributed by atoms with Gasteiger partial charge in [-0.15, -0.1) is 0 Å². The Labute approximate surface area is 127 Å². The van der Waals surface area contributed by atoms with Gasteiger partial charge < -0.3 is 20.7 Å². The molecule has 0 saturated carbocycles. The molecule has 1 aromatic carbocycles. The minimum atomic E-state index is 0.270. The van der Waals surface area contributed by atoms with Crippen molar-refractivity contribution in [1.29, 1.82) is 0 Å². The number of benzene rings is 1. The summed E-state index contributed by atoms with van der Waals surface area (Å²) in [6.07, 6.45) is 0. The molecule has 1 heterocycles. The van der Waals surface area contributed by atoms with Crippen LogP contribution in [-0.4, -0.2) is 49.7 Å². The molecule has 0 spiro atoms. The highest BCUT2D eigenvalue weighted by atomic mass is 16.5. The molecule has 1 atom stereocenters. The van der Waals surface area contributed by atoms with Crippen molar-refractivity contribution in [3.05, 3.63) is 30.3 Å². The number of hydrogen-bond acceptors (Lipinski definition) is 3. The lowest BCUT2D eigenvalue weighted by atomic mass is 10.0. The van der Waals surface area contributed by atoms with Gasteiger partial charge in [0.05, 0.1) is 19.8 Å². The standard InChI is InChI=1S/C16H26N4O/c1-13(2)15(19-14-6-4-3-5-7-14)12-18-16(17)20-8-10-21-11-9-20/h3-7,13,15,19H,8-12H2,1-2H3,(H2,17,18). The average Bonchev–Trinajstić information content (AvgIpc) is 2.52. The van der Waals surface area contributed by atoms with E-state index in [1.807, 2.05) is 18.2 Å². The lowest BCUT2D eigenvalue weighted by Crippen LogP contribution is -2.45. The van der Waals surface area contributed by atoms with Gasteiger partial charge >= 0.3 is 0 Å². The molecule has 0 aromatic heterocycles. The van der Waals surface area contributed by atoms with E-state index in [0.717, 1.165) is 32.0 Å². The van der Waals surface area contributed by atoms with E-state index in [0.29, 0.717) is 18.4 Å². The van der Waals surface area contributed by atoms with Crippen LogP contribution in [0, 0.1) is 5.92 Å². The highest BCUT2D eigenvalue weighted by Gasteiger charge is 2.15. The number of morpholine rings is 1. The van der Waals surface area contributed by atoms with Gasteiger partial charge in [0.1, 0.15) is 0 Å². The molecule has 2 rings (SSSR count). The normalized spacial score (nSPS) is 17.9. The number of nitrogens with two attached hydrogens (primary N) is 1. The van der Waals surface area contributed by atoms with Gasteiger partial charge in [0.25, 0.3) is 0 Å². The molecule has 5 heteroatoms. The molecule has 1 unspecified atom stereocenters. The predicted octanol–water partition coefficient (Wildman–Crippen LogP) is 1.77. The van der Waals surface area contributed by atoms with Crippen LogP contribution in [0.2, 0.25) is 0 Å². The third-order valence-corrected chi connectivity index (χ3v) is 3.72. The molecule has 1 fully saturated rings. The maximum absolute atomic E-state index is 6.08. The van der Waals surface area contributed by atoms with Gasteiger partial charge in [-0.2, -0.15) is 0 Å². The van der Waals surface area contributed by atoms with E-state index in [9.17, 15) is 0 Å². The Bertz CT molecular complexity index is 441. The molecule has 0 aliphatic carbocycles. The van der Waals surface area contributed by atoms with Crippen molar-refractivity contribution in [2.45, 2.75) is 19.9 Å². The van der Waals surface area contributed by atoms with Crippen molar-refractivity contribution < 1.29 is 4.74 Å². The molecule has 1 aliphatic heterocycles. The zero-order valence-corrected chi connectivity index (χ0v) is 13.0. The van der Waals surface area contributed by atoms with E-state index < -0.39 is 0 Å². The highest BCUT2D eigenvalue weighted by Crippen LogP contribution is 2.12. The molecule has 116 valence electrons. The second-order valence-corrected chi connectivity index (χ2v) is 5.66. The van der Waals surface area contributed by atoms with Crippen molar-refractivity contribution in [3.63, 3.8) is 0 Å². The number of para-hydroxylation sites is 1. The van der Waals surface area contributed by atoms with Gasteiger partial charge in [-0.05, 0) is 18.1 Å². The minimum Gasteiger partial charge on any atom is -0.380 e.